The molecule has 0 spiro atoms. The number of rotatable bonds is 6. The molecule has 36 heavy (non-hydrogen) atoms. The number of aromatic nitrogens is 1. The van der Waals surface area contributed by atoms with Crippen molar-refractivity contribution >= 4 is 52.4 Å². The third-order valence-electron chi connectivity index (χ3n) is 6.29. The van der Waals surface area contributed by atoms with Gasteiger partial charge in [0.05, 0.1) is 5.57 Å². The molecule has 182 valence electrons. The summed E-state index contributed by atoms with van der Waals surface area (Å²) in [5, 5.41) is 17.6. The van der Waals surface area contributed by atoms with Gasteiger partial charge >= 0.3 is 12.0 Å². The van der Waals surface area contributed by atoms with Crippen LogP contribution in [0.5, 0.6) is 0 Å². The van der Waals surface area contributed by atoms with E-state index >= 15 is 0 Å². The predicted molar refractivity (Wildman–Crippen MR) is 136 cm³/mol. The lowest BCUT2D eigenvalue weighted by Gasteiger charge is -2.11. The minimum absolute atomic E-state index is 0.00951. The minimum Gasteiger partial charge on any atom is -0.481 e. The van der Waals surface area contributed by atoms with E-state index in [-0.39, 0.29) is 24.5 Å². The van der Waals surface area contributed by atoms with Gasteiger partial charge in [-0.2, -0.15) is 0 Å². The van der Waals surface area contributed by atoms with Crippen LogP contribution in [0.25, 0.3) is 11.6 Å². The third kappa shape index (κ3) is 4.63. The number of fused-ring (bicyclic) bond motifs is 2. The second kappa shape index (κ2) is 9.53. The van der Waals surface area contributed by atoms with E-state index in [1.165, 1.54) is 0 Å². The largest absolute Gasteiger partial charge is 0.481 e. The lowest BCUT2D eigenvalue weighted by Crippen LogP contribution is -2.19. The van der Waals surface area contributed by atoms with Crippen molar-refractivity contribution in [3.63, 3.8) is 0 Å². The number of hydrogen-bond donors (Lipinski definition) is 5. The van der Waals surface area contributed by atoms with Crippen molar-refractivity contribution in [3.05, 3.63) is 76.6 Å². The summed E-state index contributed by atoms with van der Waals surface area (Å²) in [5.41, 5.74) is 5.23. The van der Waals surface area contributed by atoms with Crippen LogP contribution in [0, 0.1) is 0 Å². The minimum atomic E-state index is -0.958. The number of urea groups is 1. The van der Waals surface area contributed by atoms with Gasteiger partial charge in [-0.1, -0.05) is 18.2 Å². The monoisotopic (exact) mass is 484 g/mol. The molecule has 0 atom stereocenters. The van der Waals surface area contributed by atoms with Crippen LogP contribution in [0.2, 0.25) is 0 Å². The van der Waals surface area contributed by atoms with Crippen molar-refractivity contribution in [2.24, 2.45) is 0 Å². The summed E-state index contributed by atoms with van der Waals surface area (Å²) in [5.74, 6) is -1.29. The number of aryl methyl sites for hydroxylation is 1. The first-order valence-corrected chi connectivity index (χ1v) is 11.7. The first kappa shape index (κ1) is 23.1. The summed E-state index contributed by atoms with van der Waals surface area (Å²) in [7, 11) is 0. The molecule has 9 heteroatoms. The molecule has 0 unspecified atom stereocenters. The molecule has 2 heterocycles. The number of aliphatic carboxylic acids is 1. The van der Waals surface area contributed by atoms with Gasteiger partial charge in [0.2, 0.25) is 0 Å². The average Bonchev–Trinajstić information content (AvgIpc) is 3.36. The van der Waals surface area contributed by atoms with Gasteiger partial charge in [0.15, 0.2) is 5.78 Å². The number of nitrogens with one attached hydrogen (secondary N) is 4. The van der Waals surface area contributed by atoms with Crippen LogP contribution >= 0.6 is 0 Å². The van der Waals surface area contributed by atoms with E-state index in [2.05, 4.69) is 20.9 Å². The van der Waals surface area contributed by atoms with Crippen molar-refractivity contribution in [1.29, 1.82) is 0 Å². The number of para-hydroxylation sites is 1. The molecule has 1 aliphatic carbocycles. The Kier molecular flexibility index (Phi) is 6.12. The number of ketones is 1. The van der Waals surface area contributed by atoms with Gasteiger partial charge < -0.3 is 26.0 Å². The molecule has 0 fully saturated rings. The number of carbonyl (C=O) groups is 4. The first-order chi connectivity index (χ1) is 17.4. The number of carboxylic acids is 1. The first-order valence-electron chi connectivity index (χ1n) is 11.7. The highest BCUT2D eigenvalue weighted by atomic mass is 16.4. The average molecular weight is 485 g/mol. The van der Waals surface area contributed by atoms with Gasteiger partial charge in [-0.15, -0.1) is 0 Å². The van der Waals surface area contributed by atoms with Gasteiger partial charge in [0.1, 0.15) is 0 Å². The molecular weight excluding hydrogens is 460 g/mol. The quantitative estimate of drug-likeness (QED) is 0.323. The molecule has 5 N–H and O–H groups in total. The van der Waals surface area contributed by atoms with Crippen LogP contribution in [0.15, 0.2) is 48.5 Å². The second-order valence-corrected chi connectivity index (χ2v) is 8.76. The fourth-order valence-electron chi connectivity index (χ4n) is 4.68. The molecule has 2 aromatic carbocycles. The zero-order valence-corrected chi connectivity index (χ0v) is 19.3. The Bertz CT molecular complexity index is 1420. The maximum atomic E-state index is 12.8. The Balaban J connectivity index is 1.46. The second-order valence-electron chi connectivity index (χ2n) is 8.76. The number of aromatic amines is 1. The normalized spacial score (nSPS) is 15.3. The molecule has 0 saturated carbocycles. The number of anilines is 3. The maximum Gasteiger partial charge on any atom is 0.323 e. The van der Waals surface area contributed by atoms with Crippen molar-refractivity contribution < 1.29 is 24.3 Å². The molecule has 1 aliphatic heterocycles. The summed E-state index contributed by atoms with van der Waals surface area (Å²) in [6, 6.07) is 13.7. The summed E-state index contributed by atoms with van der Waals surface area (Å²) < 4.78 is 0. The Morgan fingerprint density at radius 1 is 1.00 bits per heavy atom. The molecule has 5 rings (SSSR count). The van der Waals surface area contributed by atoms with E-state index in [1.807, 2.05) is 18.2 Å². The molecule has 9 nitrogen and oxygen atoms in total. The highest BCUT2D eigenvalue weighted by Gasteiger charge is 2.29. The summed E-state index contributed by atoms with van der Waals surface area (Å²) in [6.07, 6.45) is 3.56. The number of benzene rings is 2. The SMILES string of the molecule is O=C(O)CCc1c(/C=C2\C(=O)Nc3ccc(NC(=O)Nc4ccccc4)cc32)[nH]c2c1C(=O)CCC2. The topological polar surface area (TPSA) is 140 Å². The lowest BCUT2D eigenvalue weighted by atomic mass is 9.91. The molecule has 3 aromatic rings. The number of carboxylic acid groups (broad SMARTS) is 1. The van der Waals surface area contributed by atoms with Crippen LogP contribution in [0.1, 0.15) is 52.1 Å². The number of amides is 3. The third-order valence-corrected chi connectivity index (χ3v) is 6.29. The Morgan fingerprint density at radius 2 is 1.78 bits per heavy atom. The van der Waals surface area contributed by atoms with Crippen LogP contribution in [-0.2, 0) is 22.4 Å². The highest BCUT2D eigenvalue weighted by Crippen LogP contribution is 2.37. The van der Waals surface area contributed by atoms with Crippen molar-refractivity contribution in [3.8, 4) is 0 Å². The zero-order valence-electron chi connectivity index (χ0n) is 19.3. The molecule has 1 aromatic heterocycles. The maximum absolute atomic E-state index is 12.8. The van der Waals surface area contributed by atoms with E-state index in [0.29, 0.717) is 57.9 Å². The van der Waals surface area contributed by atoms with Crippen LogP contribution in [-0.4, -0.2) is 33.8 Å². The van der Waals surface area contributed by atoms with E-state index < -0.39 is 12.0 Å². The molecule has 0 radical (unpaired) electrons. The van der Waals surface area contributed by atoms with Crippen LogP contribution in [0.3, 0.4) is 0 Å². The smallest absolute Gasteiger partial charge is 0.323 e. The number of Topliss-reactive ketones (excluding diaryl/α,β-unsaturated/α-hetero) is 1. The van der Waals surface area contributed by atoms with Crippen LogP contribution in [0.4, 0.5) is 21.9 Å². The highest BCUT2D eigenvalue weighted by molar-refractivity contribution is 6.35. The van der Waals surface area contributed by atoms with Gasteiger partial charge in [-0.25, -0.2) is 4.79 Å². The fraction of sp³-hybridized carbons (Fsp3) is 0.185. The van der Waals surface area contributed by atoms with Gasteiger partial charge in [-0.05, 0) is 61.2 Å². The Morgan fingerprint density at radius 3 is 2.56 bits per heavy atom. The zero-order chi connectivity index (χ0) is 25.2. The fourth-order valence-corrected chi connectivity index (χ4v) is 4.68. The molecule has 0 bridgehead atoms. The predicted octanol–water partition coefficient (Wildman–Crippen LogP) is 4.69. The summed E-state index contributed by atoms with van der Waals surface area (Å²) in [6.45, 7) is 0. The summed E-state index contributed by atoms with van der Waals surface area (Å²) in [4.78, 5) is 52.4. The lowest BCUT2D eigenvalue weighted by molar-refractivity contribution is -0.137. The number of carbonyl (C=O) groups excluding carboxylic acids is 3. The van der Waals surface area contributed by atoms with Crippen LogP contribution < -0.4 is 16.0 Å². The van der Waals surface area contributed by atoms with Crippen molar-refractivity contribution in [2.45, 2.75) is 32.1 Å². The van der Waals surface area contributed by atoms with E-state index in [9.17, 15) is 24.3 Å². The summed E-state index contributed by atoms with van der Waals surface area (Å²) >= 11 is 0. The van der Waals surface area contributed by atoms with E-state index in [1.54, 1.807) is 36.4 Å². The molecular formula is C27H24N4O5. The van der Waals surface area contributed by atoms with E-state index in [0.717, 1.165) is 12.1 Å². The number of hydrogen-bond acceptors (Lipinski definition) is 4. The Hall–Kier alpha value is -4.66. The molecule has 0 saturated heterocycles. The molecule has 3 amide bonds. The standard InChI is InChI=1S/C27H24N4O5/c32-23-8-4-7-21-25(23)17(10-12-24(33)34)22(30-21)14-19-18-13-16(9-11-20(18)31-26(19)35)29-27(36)28-15-5-2-1-3-6-15/h1-3,5-6,9,11,13-14,30H,4,7-8,10,12H2,(H,31,35)(H,33,34)(H2,28,29,36)/b19-14-. The van der Waals surface area contributed by atoms with E-state index in [4.69, 9.17) is 0 Å². The van der Waals surface area contributed by atoms with Crippen molar-refractivity contribution in [2.75, 3.05) is 16.0 Å². The van der Waals surface area contributed by atoms with Gasteiger partial charge in [0.25, 0.3) is 5.91 Å². The van der Waals surface area contributed by atoms with Gasteiger partial charge in [-0.3, -0.25) is 14.4 Å². The van der Waals surface area contributed by atoms with Gasteiger partial charge in [0, 0.05) is 52.4 Å². The number of H-pyrrole nitrogens is 1. The van der Waals surface area contributed by atoms with Crippen molar-refractivity contribution in [1.82, 2.24) is 4.98 Å². The molecule has 2 aliphatic rings. The Labute approximate surface area is 206 Å².